The number of fused-ring (bicyclic) bond motifs is 2. The van der Waals surface area contributed by atoms with Gasteiger partial charge in [-0.2, -0.15) is 11.8 Å². The van der Waals surface area contributed by atoms with Crippen LogP contribution in [0, 0.1) is 11.8 Å². The Balaban J connectivity index is 1.74. The number of esters is 1. The third-order valence-corrected chi connectivity index (χ3v) is 7.28. The van der Waals surface area contributed by atoms with Gasteiger partial charge in [-0.05, 0) is 50.4 Å². The predicted octanol–water partition coefficient (Wildman–Crippen LogP) is 5.28. The van der Waals surface area contributed by atoms with Crippen LogP contribution in [0.2, 0.25) is 0 Å². The molecular weight excluding hydrogens is 344 g/mol. The van der Waals surface area contributed by atoms with Crippen LogP contribution in [-0.4, -0.2) is 34.8 Å². The molecule has 3 nitrogen and oxygen atoms in total. The van der Waals surface area contributed by atoms with Crippen molar-refractivity contribution in [3.8, 4) is 0 Å². The molecule has 2 saturated heterocycles. The predicted molar refractivity (Wildman–Crippen MR) is 110 cm³/mol. The maximum atomic E-state index is 11.1. The molecule has 0 amide bonds. The summed E-state index contributed by atoms with van der Waals surface area (Å²) in [6, 6.07) is 0. The van der Waals surface area contributed by atoms with Gasteiger partial charge in [-0.3, -0.25) is 4.79 Å². The summed E-state index contributed by atoms with van der Waals surface area (Å²) in [5.74, 6) is 1.43. The van der Waals surface area contributed by atoms with Crippen molar-refractivity contribution < 1.29 is 14.6 Å². The molecule has 3 fully saturated rings. The van der Waals surface area contributed by atoms with E-state index < -0.39 is 0 Å². The monoisotopic (exact) mass is 380 g/mol. The highest BCUT2D eigenvalue weighted by atomic mass is 32.2. The van der Waals surface area contributed by atoms with Gasteiger partial charge in [0.2, 0.25) is 0 Å². The standard InChI is InChI=1S/C22H36O3S/c1-3-4-7-10-18(23)13-14-21-20(17-15-19(16-17)26-21)11-8-5-6-9-12-22(24)25-2/h5,8,13-14,17-21,23H,3-4,6-7,9-12,15-16H2,1-2H3/b8-5+,14-13+. The minimum absolute atomic E-state index is 0.120. The molecule has 3 atom stereocenters. The number of rotatable bonds is 12. The first kappa shape index (κ1) is 21.6. The number of thioether (sulfide) groups is 1. The molecule has 2 aliphatic heterocycles. The molecule has 4 heteroatoms. The highest BCUT2D eigenvalue weighted by molar-refractivity contribution is 8.00. The Morgan fingerprint density at radius 3 is 2.81 bits per heavy atom. The van der Waals surface area contributed by atoms with Gasteiger partial charge in [0.15, 0.2) is 0 Å². The van der Waals surface area contributed by atoms with Crippen molar-refractivity contribution in [2.24, 2.45) is 11.8 Å². The second-order valence-electron chi connectivity index (χ2n) is 7.74. The summed E-state index contributed by atoms with van der Waals surface area (Å²) < 4.78 is 4.67. The van der Waals surface area contributed by atoms with Crippen molar-refractivity contribution in [2.75, 3.05) is 7.11 Å². The van der Waals surface area contributed by atoms with Crippen LogP contribution in [0.25, 0.3) is 0 Å². The van der Waals surface area contributed by atoms with Crippen molar-refractivity contribution in [3.05, 3.63) is 24.3 Å². The van der Waals surface area contributed by atoms with Crippen LogP contribution in [0.15, 0.2) is 24.3 Å². The van der Waals surface area contributed by atoms with Gasteiger partial charge >= 0.3 is 5.97 Å². The fourth-order valence-electron chi connectivity index (χ4n) is 3.95. The first-order valence-electron chi connectivity index (χ1n) is 10.4. The molecule has 26 heavy (non-hydrogen) atoms. The van der Waals surface area contributed by atoms with E-state index in [4.69, 9.17) is 0 Å². The topological polar surface area (TPSA) is 46.5 Å². The molecule has 0 aromatic heterocycles. The summed E-state index contributed by atoms with van der Waals surface area (Å²) in [5.41, 5.74) is 0. The lowest BCUT2D eigenvalue weighted by atomic mass is 9.71. The van der Waals surface area contributed by atoms with E-state index in [0.717, 1.165) is 43.3 Å². The Kier molecular flexibility index (Phi) is 9.84. The van der Waals surface area contributed by atoms with E-state index in [1.54, 1.807) is 0 Å². The van der Waals surface area contributed by atoms with Gasteiger partial charge in [0.1, 0.15) is 0 Å². The number of carbonyl (C=O) groups is 1. The summed E-state index contributed by atoms with van der Waals surface area (Å²) in [6.07, 6.45) is 19.2. The lowest BCUT2D eigenvalue weighted by Gasteiger charge is -2.50. The van der Waals surface area contributed by atoms with Crippen molar-refractivity contribution in [2.45, 2.75) is 87.7 Å². The molecule has 3 aliphatic rings. The normalized spacial score (nSPS) is 29.0. The van der Waals surface area contributed by atoms with E-state index in [9.17, 15) is 9.90 Å². The molecule has 2 bridgehead atoms. The van der Waals surface area contributed by atoms with Crippen LogP contribution in [0.3, 0.4) is 0 Å². The number of ether oxygens (including phenoxy) is 1. The third-order valence-electron chi connectivity index (χ3n) is 5.69. The molecule has 148 valence electrons. The van der Waals surface area contributed by atoms with Crippen molar-refractivity contribution in [1.29, 1.82) is 0 Å². The largest absolute Gasteiger partial charge is 0.469 e. The number of hydrogen-bond acceptors (Lipinski definition) is 4. The van der Waals surface area contributed by atoms with Gasteiger partial charge in [0.25, 0.3) is 0 Å². The highest BCUT2D eigenvalue weighted by Crippen LogP contribution is 2.53. The van der Waals surface area contributed by atoms with Gasteiger partial charge in [0.05, 0.1) is 13.2 Å². The van der Waals surface area contributed by atoms with Gasteiger partial charge in [-0.15, -0.1) is 0 Å². The molecule has 0 radical (unpaired) electrons. The zero-order chi connectivity index (χ0) is 18.8. The molecule has 1 saturated carbocycles. The summed E-state index contributed by atoms with van der Waals surface area (Å²) in [7, 11) is 1.44. The lowest BCUT2D eigenvalue weighted by Crippen LogP contribution is -2.43. The number of unbranched alkanes of at least 4 members (excludes halogenated alkanes) is 3. The molecule has 0 spiro atoms. The number of aliphatic hydroxyl groups is 1. The van der Waals surface area contributed by atoms with E-state index in [2.05, 4.69) is 41.7 Å². The van der Waals surface area contributed by atoms with Crippen LogP contribution in [0.1, 0.15) is 71.1 Å². The third kappa shape index (κ3) is 7.11. The lowest BCUT2D eigenvalue weighted by molar-refractivity contribution is -0.140. The number of aliphatic hydroxyl groups excluding tert-OH is 1. The minimum atomic E-state index is -0.282. The molecule has 0 aromatic rings. The van der Waals surface area contributed by atoms with E-state index in [-0.39, 0.29) is 12.1 Å². The SMILES string of the molecule is CCCCCC(O)/C=C/C1SC2CC(C2)C1C/C=C/CCCC(=O)OC. The Morgan fingerprint density at radius 1 is 1.27 bits per heavy atom. The number of methoxy groups -OCH3 is 1. The first-order valence-corrected chi connectivity index (χ1v) is 11.3. The van der Waals surface area contributed by atoms with Crippen molar-refractivity contribution in [1.82, 2.24) is 0 Å². The molecule has 3 rings (SSSR count). The zero-order valence-electron chi connectivity index (χ0n) is 16.4. The van der Waals surface area contributed by atoms with E-state index in [0.29, 0.717) is 17.6 Å². The molecule has 2 heterocycles. The van der Waals surface area contributed by atoms with Crippen LogP contribution < -0.4 is 0 Å². The summed E-state index contributed by atoms with van der Waals surface area (Å²) in [4.78, 5) is 11.1. The molecule has 1 aliphatic carbocycles. The smallest absolute Gasteiger partial charge is 0.305 e. The second kappa shape index (κ2) is 11.9. The van der Waals surface area contributed by atoms with Crippen LogP contribution in [0.4, 0.5) is 0 Å². The molecule has 0 aromatic carbocycles. The average Bonchev–Trinajstić information content (AvgIpc) is 2.62. The van der Waals surface area contributed by atoms with Crippen LogP contribution in [0.5, 0.6) is 0 Å². The van der Waals surface area contributed by atoms with Gasteiger partial charge in [0, 0.05) is 16.9 Å². The van der Waals surface area contributed by atoms with Crippen molar-refractivity contribution >= 4 is 17.7 Å². The quantitative estimate of drug-likeness (QED) is 0.284. The van der Waals surface area contributed by atoms with Crippen LogP contribution >= 0.6 is 11.8 Å². The Bertz CT molecular complexity index is 468. The zero-order valence-corrected chi connectivity index (χ0v) is 17.3. The van der Waals surface area contributed by atoms with Crippen LogP contribution in [-0.2, 0) is 9.53 Å². The summed E-state index contributed by atoms with van der Waals surface area (Å²) in [5, 5.41) is 11.5. The van der Waals surface area contributed by atoms with E-state index in [1.165, 1.54) is 32.8 Å². The molecular formula is C22H36O3S. The van der Waals surface area contributed by atoms with E-state index >= 15 is 0 Å². The Hall–Kier alpha value is -0.740. The van der Waals surface area contributed by atoms with E-state index in [1.807, 2.05) is 6.08 Å². The van der Waals surface area contributed by atoms with Gasteiger partial charge < -0.3 is 9.84 Å². The number of allylic oxidation sites excluding steroid dienone is 2. The number of hydrogen-bond donors (Lipinski definition) is 1. The molecule has 1 N–H and O–H groups in total. The van der Waals surface area contributed by atoms with Crippen molar-refractivity contribution in [3.63, 3.8) is 0 Å². The Morgan fingerprint density at radius 2 is 2.08 bits per heavy atom. The summed E-state index contributed by atoms with van der Waals surface area (Å²) >= 11 is 2.11. The molecule has 3 unspecified atom stereocenters. The second-order valence-corrected chi connectivity index (χ2v) is 9.22. The average molecular weight is 381 g/mol. The minimum Gasteiger partial charge on any atom is -0.469 e. The van der Waals surface area contributed by atoms with Gasteiger partial charge in [-0.1, -0.05) is 50.5 Å². The fraction of sp³-hybridized carbons (Fsp3) is 0.773. The Labute approximate surface area is 163 Å². The first-order chi connectivity index (χ1) is 12.6. The maximum Gasteiger partial charge on any atom is 0.305 e. The number of carbonyl (C=O) groups excluding carboxylic acids is 1. The van der Waals surface area contributed by atoms with Gasteiger partial charge in [-0.25, -0.2) is 0 Å². The fourth-order valence-corrected chi connectivity index (χ4v) is 5.83. The summed E-state index contributed by atoms with van der Waals surface area (Å²) in [6.45, 7) is 2.20. The highest BCUT2D eigenvalue weighted by Gasteiger charge is 2.44. The maximum absolute atomic E-state index is 11.1.